The summed E-state index contributed by atoms with van der Waals surface area (Å²) >= 11 is 0. The molecular weight excluding hydrogens is 736 g/mol. The van der Waals surface area contributed by atoms with Crippen LogP contribution in [0.3, 0.4) is 0 Å². The molecule has 226 valence electrons. The van der Waals surface area contributed by atoms with Gasteiger partial charge in [0.1, 0.15) is 5.82 Å². The van der Waals surface area contributed by atoms with E-state index in [-0.39, 0.29) is 26.5 Å². The van der Waals surface area contributed by atoms with Crippen LogP contribution in [-0.2, 0) is 26.5 Å². The molecule has 3 heterocycles. The molecule has 0 radical (unpaired) electrons. The molecule has 0 N–H and O–H groups in total. The van der Waals surface area contributed by atoms with E-state index in [1.807, 2.05) is 36.0 Å². The van der Waals surface area contributed by atoms with Gasteiger partial charge >= 0.3 is 21.1 Å². The van der Waals surface area contributed by atoms with E-state index in [0.717, 1.165) is 61.4 Å². The van der Waals surface area contributed by atoms with Crippen molar-refractivity contribution < 1.29 is 25.8 Å². The zero-order valence-corrected chi connectivity index (χ0v) is 28.5. The second kappa shape index (κ2) is 11.8. The Labute approximate surface area is 278 Å². The van der Waals surface area contributed by atoms with Crippen molar-refractivity contribution in [3.05, 3.63) is 132 Å². The van der Waals surface area contributed by atoms with Gasteiger partial charge in [-0.15, -0.1) is 35.7 Å². The van der Waals surface area contributed by atoms with Crippen LogP contribution in [0.15, 0.2) is 97.2 Å². The average Bonchev–Trinajstić information content (AvgIpc) is 3.49. The number of aromatic nitrogens is 4. The topological polar surface area (TPSA) is 44.9 Å². The summed E-state index contributed by atoms with van der Waals surface area (Å²) in [6, 6.07) is 38.3. The molecule has 0 unspecified atom stereocenters. The largest absolute Gasteiger partial charge is 2.00 e. The molecule has 7 rings (SSSR count). The number of hydrogen-bond acceptors (Lipinski definition) is 3. The summed E-state index contributed by atoms with van der Waals surface area (Å²) in [6.07, 6.45) is 1.89. The predicted molar refractivity (Wildman–Crippen MR) is 178 cm³/mol. The maximum Gasteiger partial charge on any atom is 2.00 e. The summed E-state index contributed by atoms with van der Waals surface area (Å²) < 4.78 is 10.6. The van der Waals surface area contributed by atoms with Crippen LogP contribution in [0.2, 0.25) is 0 Å². The minimum atomic E-state index is 0. The Balaban J connectivity index is 0.00000357. The number of nitrogens with zero attached hydrogens (tertiary/aromatic N) is 4. The van der Waals surface area contributed by atoms with Crippen molar-refractivity contribution in [3.8, 4) is 34.1 Å². The van der Waals surface area contributed by atoms with Crippen LogP contribution in [0.1, 0.15) is 43.3 Å². The first-order valence-corrected chi connectivity index (χ1v) is 14.9. The Morgan fingerprint density at radius 2 is 1.51 bits per heavy atom. The Morgan fingerprint density at radius 1 is 0.756 bits per heavy atom. The van der Waals surface area contributed by atoms with Crippen LogP contribution in [0.4, 0.5) is 0 Å². The number of benzene rings is 4. The molecule has 4 aromatic carbocycles. The van der Waals surface area contributed by atoms with E-state index in [1.165, 1.54) is 5.56 Å². The molecule has 0 aliphatic heterocycles. The van der Waals surface area contributed by atoms with Crippen LogP contribution in [0.5, 0.6) is 11.5 Å². The first kappa shape index (κ1) is 30.6. The number of hydrogen-bond donors (Lipinski definition) is 0. The molecule has 7 aromatic rings. The molecule has 5 nitrogen and oxygen atoms in total. The Morgan fingerprint density at radius 3 is 2.29 bits per heavy atom. The maximum absolute atomic E-state index is 6.47. The van der Waals surface area contributed by atoms with Crippen molar-refractivity contribution in [3.63, 3.8) is 0 Å². The summed E-state index contributed by atoms with van der Waals surface area (Å²) in [7, 11) is 0. The first-order valence-electron chi connectivity index (χ1n) is 14.9. The summed E-state index contributed by atoms with van der Waals surface area (Å²) in [4.78, 5) is 4.79. The fourth-order valence-electron chi connectivity index (χ4n) is 6.03. The van der Waals surface area contributed by atoms with E-state index in [2.05, 4.69) is 124 Å². The number of aryl methyl sites for hydroxylation is 2. The Hall–Kier alpha value is -4.47. The number of ether oxygens (including phenoxy) is 1. The van der Waals surface area contributed by atoms with E-state index in [9.17, 15) is 0 Å². The zero-order valence-electron chi connectivity index (χ0n) is 26.3. The van der Waals surface area contributed by atoms with Crippen molar-refractivity contribution >= 4 is 21.8 Å². The quantitative estimate of drug-likeness (QED) is 0.164. The van der Waals surface area contributed by atoms with E-state index in [1.54, 1.807) is 0 Å². The van der Waals surface area contributed by atoms with Crippen molar-refractivity contribution in [2.75, 3.05) is 0 Å². The molecule has 3 aromatic heterocycles. The van der Waals surface area contributed by atoms with Gasteiger partial charge in [-0.3, -0.25) is 4.68 Å². The minimum Gasteiger partial charge on any atom is -0.509 e. The molecule has 6 heteroatoms. The molecule has 0 atom stereocenters. The predicted octanol–water partition coefficient (Wildman–Crippen LogP) is 9.64. The molecule has 0 aliphatic carbocycles. The maximum atomic E-state index is 6.47. The van der Waals surface area contributed by atoms with Gasteiger partial charge in [-0.2, -0.15) is 16.7 Å². The van der Waals surface area contributed by atoms with E-state index in [4.69, 9.17) is 14.8 Å². The third-order valence-electron chi connectivity index (χ3n) is 8.17. The summed E-state index contributed by atoms with van der Waals surface area (Å²) in [5, 5.41) is 7.14. The fraction of sp³-hybridized carbons (Fsp3) is 0.179. The second-order valence-electron chi connectivity index (χ2n) is 12.4. The number of fused-ring (bicyclic) bond motifs is 3. The van der Waals surface area contributed by atoms with Gasteiger partial charge in [-0.05, 0) is 59.7 Å². The molecule has 0 aliphatic rings. The summed E-state index contributed by atoms with van der Waals surface area (Å²) in [6.45, 7) is 12.9. The average molecular weight is 770 g/mol. The van der Waals surface area contributed by atoms with Gasteiger partial charge in [0.2, 0.25) is 0 Å². The van der Waals surface area contributed by atoms with E-state index in [0.29, 0.717) is 11.5 Å². The van der Waals surface area contributed by atoms with Gasteiger partial charge in [0, 0.05) is 34.5 Å². The van der Waals surface area contributed by atoms with Crippen molar-refractivity contribution in [2.24, 2.45) is 0 Å². The smallest absolute Gasteiger partial charge is 0.509 e. The van der Waals surface area contributed by atoms with E-state index < -0.39 is 0 Å². The van der Waals surface area contributed by atoms with Crippen LogP contribution in [-0.4, -0.2) is 19.3 Å². The van der Waals surface area contributed by atoms with Crippen molar-refractivity contribution in [2.45, 2.75) is 47.0 Å². The molecule has 0 bridgehead atoms. The fourth-order valence-corrected chi connectivity index (χ4v) is 6.03. The zero-order chi connectivity index (χ0) is 30.6. The first-order chi connectivity index (χ1) is 21.2. The molecule has 0 fully saturated rings. The third kappa shape index (κ3) is 5.62. The van der Waals surface area contributed by atoms with Gasteiger partial charge < -0.3 is 9.30 Å². The minimum absolute atomic E-state index is 0. The third-order valence-corrected chi connectivity index (χ3v) is 8.17. The van der Waals surface area contributed by atoms with E-state index >= 15 is 0 Å². The van der Waals surface area contributed by atoms with Gasteiger partial charge in [0.15, 0.2) is 0 Å². The van der Waals surface area contributed by atoms with Crippen molar-refractivity contribution in [1.29, 1.82) is 0 Å². The van der Waals surface area contributed by atoms with Crippen LogP contribution in [0, 0.1) is 32.9 Å². The Bertz CT molecular complexity index is 2170. The second-order valence-corrected chi connectivity index (χ2v) is 12.4. The number of rotatable bonds is 5. The molecular formula is C39H34N4OPt. The summed E-state index contributed by atoms with van der Waals surface area (Å²) in [5.74, 6) is 2.08. The monoisotopic (exact) mass is 769 g/mol. The Kier molecular flexibility index (Phi) is 8.01. The number of para-hydroxylation sites is 1. The molecule has 0 saturated heterocycles. The number of pyridine rings is 1. The van der Waals surface area contributed by atoms with Crippen LogP contribution in [0.25, 0.3) is 44.4 Å². The molecule has 0 spiro atoms. The van der Waals surface area contributed by atoms with Gasteiger partial charge in [0.05, 0.1) is 5.69 Å². The molecule has 45 heavy (non-hydrogen) atoms. The summed E-state index contributed by atoms with van der Waals surface area (Å²) in [5.41, 5.74) is 9.44. The standard InChI is InChI=1S/C39H34N4O.Pt/c1-25-20-30(43-27(3)38(26(2)41-43)28-12-8-7-9-13-28)23-32(21-25)44-31-16-17-34-33-14-10-11-15-35(33)42(36(34)24-31)37-22-29(18-19-40-37)39(4,5)6;/h7-22H,1-6H3;/q-2;+2. The van der Waals surface area contributed by atoms with Crippen LogP contribution < -0.4 is 4.74 Å². The van der Waals surface area contributed by atoms with Crippen molar-refractivity contribution in [1.82, 2.24) is 19.3 Å². The molecule has 0 saturated carbocycles. The SMILES string of the molecule is Cc1cc(Oc2[c-]c3c(cc2)c2ccccc2n3-c2cc(C(C)(C)C)ccn2)[c-]c(-n2nc(C)c(-c3ccccc3)c2C)c1.[Pt+2]. The van der Waals surface area contributed by atoms with Crippen LogP contribution >= 0.6 is 0 Å². The van der Waals surface area contributed by atoms with Gasteiger partial charge in [-0.25, -0.2) is 4.98 Å². The van der Waals surface area contributed by atoms with Gasteiger partial charge in [-0.1, -0.05) is 81.7 Å². The normalized spacial score (nSPS) is 11.6. The molecule has 0 amide bonds. The van der Waals surface area contributed by atoms with Gasteiger partial charge in [0.25, 0.3) is 0 Å².